The Bertz CT molecular complexity index is 1110. The summed E-state index contributed by atoms with van der Waals surface area (Å²) in [6.07, 6.45) is 2.46. The van der Waals surface area contributed by atoms with Gasteiger partial charge in [0, 0.05) is 24.6 Å². The van der Waals surface area contributed by atoms with E-state index >= 15 is 0 Å². The van der Waals surface area contributed by atoms with Gasteiger partial charge in [0.1, 0.15) is 5.65 Å². The van der Waals surface area contributed by atoms with Crippen molar-refractivity contribution in [3.63, 3.8) is 0 Å². The van der Waals surface area contributed by atoms with E-state index in [-0.39, 0.29) is 36.6 Å². The van der Waals surface area contributed by atoms with Crippen LogP contribution in [0.3, 0.4) is 0 Å². The predicted molar refractivity (Wildman–Crippen MR) is 129 cm³/mol. The molecule has 0 unspecified atom stereocenters. The van der Waals surface area contributed by atoms with Crippen molar-refractivity contribution in [3.8, 4) is 0 Å². The predicted octanol–water partition coefficient (Wildman–Crippen LogP) is 3.84. The van der Waals surface area contributed by atoms with Gasteiger partial charge in [-0.25, -0.2) is 9.78 Å². The molecule has 0 aliphatic rings. The molecule has 1 amide bonds. The van der Waals surface area contributed by atoms with Gasteiger partial charge in [0.2, 0.25) is 5.91 Å². The van der Waals surface area contributed by atoms with Crippen molar-refractivity contribution in [3.05, 3.63) is 53.9 Å². The summed E-state index contributed by atoms with van der Waals surface area (Å²) in [5.74, 6) is -0.533. The number of carbonyl (C=O) groups is 2. The number of ether oxygens (including phenoxy) is 1. The van der Waals surface area contributed by atoms with E-state index in [0.717, 1.165) is 11.3 Å². The summed E-state index contributed by atoms with van der Waals surface area (Å²) in [5, 5.41) is 16.1. The number of hydrogen-bond donors (Lipinski definition) is 3. The maximum absolute atomic E-state index is 12.9. The fourth-order valence-electron chi connectivity index (χ4n) is 3.80. The first kappa shape index (κ1) is 24.3. The van der Waals surface area contributed by atoms with Gasteiger partial charge < -0.3 is 25.0 Å². The SMILES string of the molecule is COC(=O)c1c(NC(=O)Cc2ccccc2)c2cc(N[C@H](C)CCO)cnc2n1CC(C)C. The van der Waals surface area contributed by atoms with Crippen LogP contribution in [-0.4, -0.2) is 46.3 Å². The van der Waals surface area contributed by atoms with Crippen molar-refractivity contribution >= 4 is 34.3 Å². The zero-order valence-corrected chi connectivity index (χ0v) is 19.6. The minimum absolute atomic E-state index is 0.0307. The lowest BCUT2D eigenvalue weighted by molar-refractivity contribution is -0.115. The number of fused-ring (bicyclic) bond motifs is 1. The molecule has 3 N–H and O–H groups in total. The molecule has 1 aromatic carbocycles. The third-order valence-corrected chi connectivity index (χ3v) is 5.27. The van der Waals surface area contributed by atoms with Crippen LogP contribution in [-0.2, 0) is 22.5 Å². The monoisotopic (exact) mass is 452 g/mol. The summed E-state index contributed by atoms with van der Waals surface area (Å²) in [5.41, 5.74) is 2.87. The minimum Gasteiger partial charge on any atom is -0.464 e. The zero-order valence-electron chi connectivity index (χ0n) is 19.6. The lowest BCUT2D eigenvalue weighted by Gasteiger charge is -2.14. The number of methoxy groups -OCH3 is 1. The molecule has 0 bridgehead atoms. The van der Waals surface area contributed by atoms with Crippen molar-refractivity contribution in [2.45, 2.75) is 46.2 Å². The Hall–Kier alpha value is -3.39. The van der Waals surface area contributed by atoms with Crippen LogP contribution in [0, 0.1) is 5.92 Å². The Balaban J connectivity index is 2.09. The molecule has 3 aromatic rings. The normalized spacial score (nSPS) is 12.1. The molecule has 176 valence electrons. The lowest BCUT2D eigenvalue weighted by atomic mass is 10.1. The van der Waals surface area contributed by atoms with Gasteiger partial charge in [-0.1, -0.05) is 44.2 Å². The van der Waals surface area contributed by atoms with Gasteiger partial charge in [-0.15, -0.1) is 0 Å². The highest BCUT2D eigenvalue weighted by Crippen LogP contribution is 2.33. The lowest BCUT2D eigenvalue weighted by Crippen LogP contribution is -2.19. The molecule has 8 nitrogen and oxygen atoms in total. The Kier molecular flexibility index (Phi) is 8.06. The second kappa shape index (κ2) is 11.0. The Morgan fingerprint density at radius 2 is 1.91 bits per heavy atom. The van der Waals surface area contributed by atoms with Crippen LogP contribution in [0.25, 0.3) is 11.0 Å². The van der Waals surface area contributed by atoms with E-state index in [1.165, 1.54) is 7.11 Å². The van der Waals surface area contributed by atoms with E-state index in [9.17, 15) is 14.7 Å². The third kappa shape index (κ3) is 5.90. The quantitative estimate of drug-likeness (QED) is 0.404. The van der Waals surface area contributed by atoms with Crippen molar-refractivity contribution in [1.29, 1.82) is 0 Å². The van der Waals surface area contributed by atoms with Crippen LogP contribution in [0.5, 0.6) is 0 Å². The first-order valence-corrected chi connectivity index (χ1v) is 11.2. The van der Waals surface area contributed by atoms with Gasteiger partial charge in [-0.3, -0.25) is 4.79 Å². The number of amides is 1. The van der Waals surface area contributed by atoms with Gasteiger partial charge in [-0.05, 0) is 30.9 Å². The molecular weight excluding hydrogens is 420 g/mol. The van der Waals surface area contributed by atoms with E-state index in [1.54, 1.807) is 6.20 Å². The van der Waals surface area contributed by atoms with E-state index in [2.05, 4.69) is 15.6 Å². The molecule has 0 aliphatic heterocycles. The molecule has 0 fully saturated rings. The van der Waals surface area contributed by atoms with Crippen LogP contribution in [0.1, 0.15) is 43.2 Å². The molecule has 3 rings (SSSR count). The number of esters is 1. The highest BCUT2D eigenvalue weighted by molar-refractivity contribution is 6.11. The number of pyridine rings is 1. The number of benzene rings is 1. The number of nitrogens with one attached hydrogen (secondary N) is 2. The van der Waals surface area contributed by atoms with Gasteiger partial charge in [0.15, 0.2) is 5.69 Å². The summed E-state index contributed by atoms with van der Waals surface area (Å²) < 4.78 is 6.88. The zero-order chi connectivity index (χ0) is 24.0. The number of hydrogen-bond acceptors (Lipinski definition) is 6. The Labute approximate surface area is 194 Å². The van der Waals surface area contributed by atoms with Crippen LogP contribution in [0.4, 0.5) is 11.4 Å². The molecule has 0 spiro atoms. The molecule has 8 heteroatoms. The van der Waals surface area contributed by atoms with E-state index in [0.29, 0.717) is 29.7 Å². The number of aromatic nitrogens is 2. The van der Waals surface area contributed by atoms with Crippen LogP contribution >= 0.6 is 0 Å². The molecule has 0 aliphatic carbocycles. The Morgan fingerprint density at radius 3 is 2.55 bits per heavy atom. The molecule has 2 heterocycles. The van der Waals surface area contributed by atoms with Gasteiger partial charge in [0.25, 0.3) is 0 Å². The second-order valence-corrected chi connectivity index (χ2v) is 8.58. The van der Waals surface area contributed by atoms with Gasteiger partial charge in [0.05, 0.1) is 31.1 Å². The first-order chi connectivity index (χ1) is 15.8. The minimum atomic E-state index is -0.535. The largest absolute Gasteiger partial charge is 0.464 e. The summed E-state index contributed by atoms with van der Waals surface area (Å²) in [6.45, 7) is 6.67. The highest BCUT2D eigenvalue weighted by atomic mass is 16.5. The highest BCUT2D eigenvalue weighted by Gasteiger charge is 2.26. The molecule has 0 radical (unpaired) electrons. The van der Waals surface area contributed by atoms with Crippen molar-refractivity contribution in [2.75, 3.05) is 24.4 Å². The van der Waals surface area contributed by atoms with E-state index in [1.807, 2.05) is 61.7 Å². The smallest absolute Gasteiger partial charge is 0.356 e. The maximum Gasteiger partial charge on any atom is 0.356 e. The summed E-state index contributed by atoms with van der Waals surface area (Å²) in [4.78, 5) is 30.4. The average molecular weight is 453 g/mol. The second-order valence-electron chi connectivity index (χ2n) is 8.58. The topological polar surface area (TPSA) is 105 Å². The fourth-order valence-corrected chi connectivity index (χ4v) is 3.80. The van der Waals surface area contributed by atoms with Crippen LogP contribution in [0.15, 0.2) is 42.6 Å². The van der Waals surface area contributed by atoms with Gasteiger partial charge >= 0.3 is 5.97 Å². The summed E-state index contributed by atoms with van der Waals surface area (Å²) >= 11 is 0. The maximum atomic E-state index is 12.9. The van der Waals surface area contributed by atoms with Crippen LogP contribution < -0.4 is 10.6 Å². The number of aliphatic hydroxyl groups excluding tert-OH is 1. The van der Waals surface area contributed by atoms with E-state index in [4.69, 9.17) is 4.74 Å². The number of rotatable bonds is 10. The van der Waals surface area contributed by atoms with Crippen LogP contribution in [0.2, 0.25) is 0 Å². The molecule has 0 saturated carbocycles. The molecule has 0 saturated heterocycles. The molecule has 1 atom stereocenters. The average Bonchev–Trinajstić information content (AvgIpc) is 3.05. The number of anilines is 2. The number of carbonyl (C=O) groups excluding carboxylic acids is 2. The Morgan fingerprint density at radius 1 is 1.18 bits per heavy atom. The fraction of sp³-hybridized carbons (Fsp3) is 0.400. The van der Waals surface area contributed by atoms with E-state index < -0.39 is 5.97 Å². The molecule has 33 heavy (non-hydrogen) atoms. The summed E-state index contributed by atoms with van der Waals surface area (Å²) in [7, 11) is 1.33. The number of aliphatic hydroxyl groups is 1. The van der Waals surface area contributed by atoms with Crippen molar-refractivity contribution in [1.82, 2.24) is 9.55 Å². The molecule has 2 aromatic heterocycles. The summed E-state index contributed by atoms with van der Waals surface area (Å²) in [6, 6.07) is 11.3. The molecular formula is C25H32N4O4. The van der Waals surface area contributed by atoms with Crippen molar-refractivity contribution in [2.24, 2.45) is 5.92 Å². The van der Waals surface area contributed by atoms with Gasteiger partial charge in [-0.2, -0.15) is 0 Å². The van der Waals surface area contributed by atoms with Crippen molar-refractivity contribution < 1.29 is 19.4 Å². The third-order valence-electron chi connectivity index (χ3n) is 5.27. The standard InChI is InChI=1S/C25H32N4O4/c1-16(2)15-29-23(25(32)33-4)22(28-21(31)12-18-8-6-5-7-9-18)20-13-19(14-26-24(20)29)27-17(3)10-11-30/h5-9,13-14,16-17,27,30H,10-12,15H2,1-4H3,(H,28,31)/t17-/m1/s1. The first-order valence-electron chi connectivity index (χ1n) is 11.2. The number of nitrogens with zero attached hydrogens (tertiary/aromatic N) is 2.